The van der Waals surface area contributed by atoms with E-state index in [4.69, 9.17) is 4.74 Å². The second-order valence-corrected chi connectivity index (χ2v) is 6.57. The number of rotatable bonds is 7. The molecule has 2 atom stereocenters. The summed E-state index contributed by atoms with van der Waals surface area (Å²) in [6, 6.07) is 11.1. The Kier molecular flexibility index (Phi) is 6.72. The van der Waals surface area contributed by atoms with Crippen molar-refractivity contribution in [3.8, 4) is 0 Å². The number of ether oxygens (including phenoxy) is 1. The Morgan fingerprint density at radius 2 is 1.81 bits per heavy atom. The number of benzene rings is 1. The maximum Gasteiger partial charge on any atom is 0.0976 e. The lowest BCUT2D eigenvalue weighted by molar-refractivity contribution is 0.0351. The summed E-state index contributed by atoms with van der Waals surface area (Å²) in [4.78, 5) is 0. The first-order valence-corrected chi connectivity index (χ1v) is 8.57. The van der Waals surface area contributed by atoms with Crippen LogP contribution < -0.4 is 5.32 Å². The van der Waals surface area contributed by atoms with E-state index in [1.807, 2.05) is 7.11 Å². The largest absolute Gasteiger partial charge is 0.375 e. The van der Waals surface area contributed by atoms with Gasteiger partial charge in [0.05, 0.1) is 6.10 Å². The van der Waals surface area contributed by atoms with Gasteiger partial charge in [-0.05, 0) is 43.2 Å². The van der Waals surface area contributed by atoms with Gasteiger partial charge >= 0.3 is 0 Å². The third-order valence-corrected chi connectivity index (χ3v) is 4.91. The van der Waals surface area contributed by atoms with Gasteiger partial charge in [-0.15, -0.1) is 0 Å². The highest BCUT2D eigenvalue weighted by Crippen LogP contribution is 2.36. The lowest BCUT2D eigenvalue weighted by atomic mass is 9.76. The van der Waals surface area contributed by atoms with Crippen molar-refractivity contribution in [2.45, 2.75) is 58.1 Å². The second-order valence-electron chi connectivity index (χ2n) is 6.57. The van der Waals surface area contributed by atoms with Crippen LogP contribution in [0.3, 0.4) is 0 Å². The van der Waals surface area contributed by atoms with Crippen molar-refractivity contribution in [1.82, 2.24) is 5.32 Å². The standard InChI is InChI=1S/C19H31NO/c1-4-14-20-18(16-12-10-15(2)11-13-16)19(21-3)17-8-6-5-7-9-17/h5-9,15-16,18-20H,4,10-14H2,1-3H3. The van der Waals surface area contributed by atoms with Gasteiger partial charge in [0.25, 0.3) is 0 Å². The highest BCUT2D eigenvalue weighted by Gasteiger charge is 2.32. The van der Waals surface area contributed by atoms with E-state index >= 15 is 0 Å². The Morgan fingerprint density at radius 3 is 2.38 bits per heavy atom. The van der Waals surface area contributed by atoms with Crippen molar-refractivity contribution >= 4 is 0 Å². The van der Waals surface area contributed by atoms with Crippen LogP contribution in [-0.4, -0.2) is 19.7 Å². The Bertz CT molecular complexity index is 384. The van der Waals surface area contributed by atoms with Crippen LogP contribution in [0.25, 0.3) is 0 Å². The Balaban J connectivity index is 2.13. The van der Waals surface area contributed by atoms with Crippen LogP contribution in [0.2, 0.25) is 0 Å². The van der Waals surface area contributed by atoms with E-state index in [0.29, 0.717) is 6.04 Å². The molecular weight excluding hydrogens is 258 g/mol. The van der Waals surface area contributed by atoms with Gasteiger partial charge in [-0.3, -0.25) is 0 Å². The summed E-state index contributed by atoms with van der Waals surface area (Å²) in [5.41, 5.74) is 1.30. The molecule has 118 valence electrons. The fourth-order valence-electron chi connectivity index (χ4n) is 3.61. The van der Waals surface area contributed by atoms with E-state index in [1.165, 1.54) is 37.7 Å². The summed E-state index contributed by atoms with van der Waals surface area (Å²) >= 11 is 0. The predicted octanol–water partition coefficient (Wildman–Crippen LogP) is 4.57. The van der Waals surface area contributed by atoms with Gasteiger partial charge in [0.2, 0.25) is 0 Å². The SMILES string of the molecule is CCCNC(C1CCC(C)CC1)C(OC)c1ccccc1. The summed E-state index contributed by atoms with van der Waals surface area (Å²) < 4.78 is 5.91. The molecule has 0 aromatic heterocycles. The molecule has 21 heavy (non-hydrogen) atoms. The molecule has 1 aromatic carbocycles. The molecule has 0 heterocycles. The summed E-state index contributed by atoms with van der Waals surface area (Å²) in [5.74, 6) is 1.63. The van der Waals surface area contributed by atoms with E-state index in [0.717, 1.165) is 18.4 Å². The van der Waals surface area contributed by atoms with Crippen molar-refractivity contribution < 1.29 is 4.74 Å². The van der Waals surface area contributed by atoms with E-state index in [2.05, 4.69) is 49.5 Å². The number of methoxy groups -OCH3 is 1. The van der Waals surface area contributed by atoms with Crippen LogP contribution in [0.15, 0.2) is 30.3 Å². The molecule has 0 bridgehead atoms. The minimum absolute atomic E-state index is 0.163. The van der Waals surface area contributed by atoms with Crippen molar-refractivity contribution in [1.29, 1.82) is 0 Å². The van der Waals surface area contributed by atoms with Gasteiger partial charge in [0.15, 0.2) is 0 Å². The number of hydrogen-bond acceptors (Lipinski definition) is 2. The molecule has 0 aliphatic heterocycles. The van der Waals surface area contributed by atoms with E-state index < -0.39 is 0 Å². The summed E-state index contributed by atoms with van der Waals surface area (Å²) in [6.07, 6.45) is 6.71. The zero-order chi connectivity index (χ0) is 15.1. The number of nitrogens with one attached hydrogen (secondary N) is 1. The first kappa shape index (κ1) is 16.5. The van der Waals surface area contributed by atoms with Crippen LogP contribution >= 0.6 is 0 Å². The molecule has 1 fully saturated rings. The van der Waals surface area contributed by atoms with E-state index in [-0.39, 0.29) is 6.10 Å². The van der Waals surface area contributed by atoms with E-state index in [9.17, 15) is 0 Å². The molecule has 1 aromatic rings. The number of hydrogen-bond donors (Lipinski definition) is 1. The van der Waals surface area contributed by atoms with Crippen molar-refractivity contribution in [2.75, 3.05) is 13.7 Å². The van der Waals surface area contributed by atoms with Crippen LogP contribution in [-0.2, 0) is 4.74 Å². The highest BCUT2D eigenvalue weighted by atomic mass is 16.5. The molecule has 1 aliphatic carbocycles. The fraction of sp³-hybridized carbons (Fsp3) is 0.684. The summed E-state index contributed by atoms with van der Waals surface area (Å²) in [7, 11) is 1.85. The molecule has 0 saturated heterocycles. The van der Waals surface area contributed by atoms with Crippen LogP contribution in [0.5, 0.6) is 0 Å². The van der Waals surface area contributed by atoms with Crippen LogP contribution in [0, 0.1) is 11.8 Å². The molecular formula is C19H31NO. The molecule has 2 nitrogen and oxygen atoms in total. The summed E-state index contributed by atoms with van der Waals surface area (Å²) in [5, 5.41) is 3.78. The monoisotopic (exact) mass is 289 g/mol. The predicted molar refractivity (Wildman–Crippen MR) is 89.4 cm³/mol. The van der Waals surface area contributed by atoms with Crippen molar-refractivity contribution in [2.24, 2.45) is 11.8 Å². The summed E-state index contributed by atoms with van der Waals surface area (Å²) in [6.45, 7) is 5.69. The maximum atomic E-state index is 5.91. The Morgan fingerprint density at radius 1 is 1.14 bits per heavy atom. The second kappa shape index (κ2) is 8.55. The average Bonchev–Trinajstić information content (AvgIpc) is 2.53. The van der Waals surface area contributed by atoms with Crippen LogP contribution in [0.4, 0.5) is 0 Å². The molecule has 2 unspecified atom stereocenters. The lowest BCUT2D eigenvalue weighted by Crippen LogP contribution is -2.43. The first-order chi connectivity index (χ1) is 10.3. The molecule has 0 spiro atoms. The lowest BCUT2D eigenvalue weighted by Gasteiger charge is -2.37. The van der Waals surface area contributed by atoms with Gasteiger partial charge in [-0.1, -0.05) is 57.0 Å². The smallest absolute Gasteiger partial charge is 0.0976 e. The van der Waals surface area contributed by atoms with E-state index in [1.54, 1.807) is 0 Å². The van der Waals surface area contributed by atoms with Crippen molar-refractivity contribution in [3.05, 3.63) is 35.9 Å². The van der Waals surface area contributed by atoms with Gasteiger partial charge in [-0.2, -0.15) is 0 Å². The Hall–Kier alpha value is -0.860. The first-order valence-electron chi connectivity index (χ1n) is 8.57. The zero-order valence-electron chi connectivity index (χ0n) is 13.8. The molecule has 1 saturated carbocycles. The van der Waals surface area contributed by atoms with Gasteiger partial charge in [0.1, 0.15) is 0 Å². The molecule has 0 radical (unpaired) electrons. The van der Waals surface area contributed by atoms with Gasteiger partial charge < -0.3 is 10.1 Å². The third kappa shape index (κ3) is 4.55. The molecule has 2 heteroatoms. The fourth-order valence-corrected chi connectivity index (χ4v) is 3.61. The molecule has 2 rings (SSSR count). The highest BCUT2D eigenvalue weighted by molar-refractivity contribution is 5.19. The quantitative estimate of drug-likeness (QED) is 0.794. The zero-order valence-corrected chi connectivity index (χ0v) is 13.8. The average molecular weight is 289 g/mol. The maximum absolute atomic E-state index is 5.91. The molecule has 1 aliphatic rings. The molecule has 1 N–H and O–H groups in total. The minimum Gasteiger partial charge on any atom is -0.375 e. The van der Waals surface area contributed by atoms with Gasteiger partial charge in [-0.25, -0.2) is 0 Å². The molecule has 0 amide bonds. The topological polar surface area (TPSA) is 21.3 Å². The van der Waals surface area contributed by atoms with Crippen molar-refractivity contribution in [3.63, 3.8) is 0 Å². The normalized spacial score (nSPS) is 25.5. The third-order valence-electron chi connectivity index (χ3n) is 4.91. The van der Waals surface area contributed by atoms with Crippen LogP contribution in [0.1, 0.15) is 57.6 Å². The Labute approximate surface area is 130 Å². The minimum atomic E-state index is 0.163. The van der Waals surface area contributed by atoms with Gasteiger partial charge in [0, 0.05) is 13.2 Å².